The fourth-order valence-corrected chi connectivity index (χ4v) is 3.19. The fraction of sp³-hybridized carbons (Fsp3) is 0.529. The number of hydrogen-bond donors (Lipinski definition) is 0. The third kappa shape index (κ3) is 4.12. The molecule has 7 nitrogen and oxygen atoms in total. The monoisotopic (exact) mass is 364 g/mol. The van der Waals surface area contributed by atoms with Crippen molar-refractivity contribution in [2.45, 2.75) is 39.9 Å². The average Bonchev–Trinajstić information content (AvgIpc) is 3.05. The maximum Gasteiger partial charge on any atom is 0.332 e. The van der Waals surface area contributed by atoms with Crippen LogP contribution in [0.3, 0.4) is 0 Å². The van der Waals surface area contributed by atoms with Gasteiger partial charge < -0.3 is 4.42 Å². The highest BCUT2D eigenvalue weighted by Gasteiger charge is 2.15. The Morgan fingerprint density at radius 1 is 1.32 bits per heavy atom. The Bertz CT molecular complexity index is 868. The molecule has 2 rings (SSSR count). The van der Waals surface area contributed by atoms with Crippen LogP contribution in [0.2, 0.25) is 0 Å². The number of oxazole rings is 1. The van der Waals surface area contributed by atoms with Crippen LogP contribution in [-0.2, 0) is 26.3 Å². The number of aryl methyl sites for hydroxylation is 1. The summed E-state index contributed by atoms with van der Waals surface area (Å²) in [6.45, 7) is 7.75. The van der Waals surface area contributed by atoms with E-state index in [0.29, 0.717) is 23.0 Å². The summed E-state index contributed by atoms with van der Waals surface area (Å²) in [6.07, 6.45) is 2.49. The number of rotatable bonds is 5. The van der Waals surface area contributed by atoms with Crippen molar-refractivity contribution < 1.29 is 4.42 Å². The zero-order chi connectivity index (χ0) is 18.7. The van der Waals surface area contributed by atoms with E-state index in [9.17, 15) is 9.59 Å². The van der Waals surface area contributed by atoms with Crippen LogP contribution in [0.4, 0.5) is 5.82 Å². The van der Waals surface area contributed by atoms with Crippen LogP contribution in [0.5, 0.6) is 0 Å². The van der Waals surface area contributed by atoms with Crippen LogP contribution in [0, 0.1) is 12.8 Å². The van der Waals surface area contributed by atoms with Gasteiger partial charge in [-0.3, -0.25) is 13.9 Å². The number of thioether (sulfide) groups is 1. The van der Waals surface area contributed by atoms with E-state index in [1.54, 1.807) is 20.2 Å². The summed E-state index contributed by atoms with van der Waals surface area (Å²) in [5, 5.41) is 0.822. The van der Waals surface area contributed by atoms with Gasteiger partial charge in [0.15, 0.2) is 0 Å². The molecule has 2 aromatic heterocycles. The van der Waals surface area contributed by atoms with E-state index in [-0.39, 0.29) is 17.2 Å². The lowest BCUT2D eigenvalue weighted by Gasteiger charge is -2.13. The first-order chi connectivity index (χ1) is 11.8. The second-order valence-corrected chi connectivity index (χ2v) is 7.13. The Balaban J connectivity index is 2.37. The second kappa shape index (κ2) is 7.86. The van der Waals surface area contributed by atoms with Gasteiger partial charge in [0.25, 0.3) is 5.56 Å². The van der Waals surface area contributed by atoms with Crippen molar-refractivity contribution in [2.24, 2.45) is 25.0 Å². The van der Waals surface area contributed by atoms with Crippen LogP contribution in [0.15, 0.2) is 25.3 Å². The molecule has 0 N–H and O–H groups in total. The maximum absolute atomic E-state index is 12.2. The molecule has 0 fully saturated rings. The van der Waals surface area contributed by atoms with Gasteiger partial charge in [-0.05, 0) is 13.3 Å². The molecule has 0 unspecified atom stereocenters. The first kappa shape index (κ1) is 19.2. The molecular weight excluding hydrogens is 340 g/mol. The third-order valence-electron chi connectivity index (χ3n) is 3.87. The first-order valence-electron chi connectivity index (χ1n) is 8.17. The molecule has 0 bridgehead atoms. The lowest BCUT2D eigenvalue weighted by Crippen LogP contribution is -2.38. The van der Waals surface area contributed by atoms with Crippen molar-refractivity contribution in [2.75, 3.05) is 0 Å². The number of aromatic nitrogens is 3. The summed E-state index contributed by atoms with van der Waals surface area (Å²) in [5.74, 6) is 1.73. The van der Waals surface area contributed by atoms with E-state index >= 15 is 0 Å². The minimum atomic E-state index is -0.386. The zero-order valence-electron chi connectivity index (χ0n) is 15.5. The molecule has 0 saturated heterocycles. The normalized spacial score (nSPS) is 12.2. The van der Waals surface area contributed by atoms with E-state index in [1.165, 1.54) is 23.4 Å². The molecule has 0 aliphatic carbocycles. The summed E-state index contributed by atoms with van der Waals surface area (Å²) in [5.41, 5.74) is 0.661. The SMILES string of the molecule is CCc1coc(CS/C(=N/c2c(C)c(=O)n(C)c(=O)n2C)C(C)C)n1. The van der Waals surface area contributed by atoms with Gasteiger partial charge in [-0.2, -0.15) is 0 Å². The van der Waals surface area contributed by atoms with Crippen molar-refractivity contribution in [3.63, 3.8) is 0 Å². The van der Waals surface area contributed by atoms with Gasteiger partial charge in [0, 0.05) is 20.0 Å². The Kier molecular flexibility index (Phi) is 6.05. The molecule has 2 aromatic rings. The smallest absolute Gasteiger partial charge is 0.332 e. The van der Waals surface area contributed by atoms with Crippen LogP contribution in [0.1, 0.15) is 37.9 Å². The highest BCUT2D eigenvalue weighted by atomic mass is 32.2. The Hall–Kier alpha value is -2.09. The van der Waals surface area contributed by atoms with Crippen molar-refractivity contribution >= 4 is 22.6 Å². The maximum atomic E-state index is 12.2. The van der Waals surface area contributed by atoms with Gasteiger partial charge in [-0.1, -0.05) is 20.8 Å². The van der Waals surface area contributed by atoms with Crippen molar-refractivity contribution in [3.8, 4) is 0 Å². The van der Waals surface area contributed by atoms with E-state index < -0.39 is 0 Å². The Labute approximate surface area is 150 Å². The zero-order valence-corrected chi connectivity index (χ0v) is 16.3. The molecule has 25 heavy (non-hydrogen) atoms. The summed E-state index contributed by atoms with van der Waals surface area (Å²) in [4.78, 5) is 33.3. The van der Waals surface area contributed by atoms with Crippen molar-refractivity contribution in [1.82, 2.24) is 14.1 Å². The minimum absolute atomic E-state index is 0.143. The molecule has 136 valence electrons. The summed E-state index contributed by atoms with van der Waals surface area (Å²) in [7, 11) is 3.09. The first-order valence-corrected chi connectivity index (χ1v) is 9.16. The molecule has 2 heterocycles. The quantitative estimate of drug-likeness (QED) is 0.601. The third-order valence-corrected chi connectivity index (χ3v) is 5.12. The molecule has 0 saturated carbocycles. The van der Waals surface area contributed by atoms with Gasteiger partial charge >= 0.3 is 5.69 Å². The minimum Gasteiger partial charge on any atom is -0.448 e. The van der Waals surface area contributed by atoms with Crippen molar-refractivity contribution in [3.05, 3.63) is 44.2 Å². The summed E-state index contributed by atoms with van der Waals surface area (Å²) >= 11 is 1.50. The van der Waals surface area contributed by atoms with E-state index in [4.69, 9.17) is 4.42 Å². The standard InChI is InChI=1S/C17H24N4O3S/c1-7-12-8-24-13(18-12)9-25-15(10(2)3)19-14-11(4)16(22)21(6)17(23)20(14)5/h8,10H,7,9H2,1-6H3/b19-15+. The highest BCUT2D eigenvalue weighted by Crippen LogP contribution is 2.23. The van der Waals surface area contributed by atoms with E-state index in [0.717, 1.165) is 21.7 Å². The predicted molar refractivity (Wildman–Crippen MR) is 101 cm³/mol. The fourth-order valence-electron chi connectivity index (χ4n) is 2.31. The van der Waals surface area contributed by atoms with Gasteiger partial charge in [-0.15, -0.1) is 11.8 Å². The predicted octanol–water partition coefficient (Wildman–Crippen LogP) is 2.56. The van der Waals surface area contributed by atoms with Gasteiger partial charge in [-0.25, -0.2) is 14.8 Å². The molecule has 0 atom stereocenters. The van der Waals surface area contributed by atoms with Crippen LogP contribution >= 0.6 is 11.8 Å². The molecule has 8 heteroatoms. The number of aliphatic imine (C=N–C) groups is 1. The van der Waals surface area contributed by atoms with E-state index in [1.807, 2.05) is 20.8 Å². The lowest BCUT2D eigenvalue weighted by molar-refractivity contribution is 0.516. The average molecular weight is 364 g/mol. The largest absolute Gasteiger partial charge is 0.448 e. The number of nitrogens with zero attached hydrogens (tertiary/aromatic N) is 4. The van der Waals surface area contributed by atoms with Crippen LogP contribution in [0.25, 0.3) is 0 Å². The molecule has 0 aliphatic rings. The van der Waals surface area contributed by atoms with E-state index in [2.05, 4.69) is 9.98 Å². The Morgan fingerprint density at radius 2 is 2.00 bits per heavy atom. The summed E-state index contributed by atoms with van der Waals surface area (Å²) in [6, 6.07) is 0. The topological polar surface area (TPSA) is 82.4 Å². The van der Waals surface area contributed by atoms with Crippen LogP contribution < -0.4 is 11.2 Å². The molecule has 0 aliphatic heterocycles. The lowest BCUT2D eigenvalue weighted by atomic mass is 10.2. The second-order valence-electron chi connectivity index (χ2n) is 6.13. The van der Waals surface area contributed by atoms with Crippen molar-refractivity contribution in [1.29, 1.82) is 0 Å². The number of hydrogen-bond acceptors (Lipinski definition) is 6. The molecule has 0 amide bonds. The highest BCUT2D eigenvalue weighted by molar-refractivity contribution is 8.13. The molecule has 0 radical (unpaired) electrons. The Morgan fingerprint density at radius 3 is 2.56 bits per heavy atom. The molecular formula is C17H24N4O3S. The van der Waals surface area contributed by atoms with Gasteiger partial charge in [0.1, 0.15) is 12.1 Å². The van der Waals surface area contributed by atoms with Gasteiger partial charge in [0.05, 0.1) is 22.1 Å². The van der Waals surface area contributed by atoms with Gasteiger partial charge in [0.2, 0.25) is 5.89 Å². The molecule has 0 spiro atoms. The molecule has 0 aromatic carbocycles. The summed E-state index contributed by atoms with van der Waals surface area (Å²) < 4.78 is 7.94. The van der Waals surface area contributed by atoms with Crippen LogP contribution in [-0.4, -0.2) is 19.2 Å².